The van der Waals surface area contributed by atoms with E-state index in [2.05, 4.69) is 48.3 Å². The second-order valence-electron chi connectivity index (χ2n) is 6.89. The molecule has 1 aliphatic rings. The van der Waals surface area contributed by atoms with Gasteiger partial charge in [-0.1, -0.05) is 49.4 Å². The van der Waals surface area contributed by atoms with Crippen molar-refractivity contribution in [3.8, 4) is 11.3 Å². The molecule has 0 amide bonds. The molecule has 26 heavy (non-hydrogen) atoms. The van der Waals surface area contributed by atoms with Gasteiger partial charge in [0.2, 0.25) is 0 Å². The molecule has 3 aromatic rings. The molecule has 0 bridgehead atoms. The van der Waals surface area contributed by atoms with Crippen molar-refractivity contribution >= 4 is 17.5 Å². The lowest BCUT2D eigenvalue weighted by molar-refractivity contribution is 0.0950. The van der Waals surface area contributed by atoms with Gasteiger partial charge in [-0.25, -0.2) is 0 Å². The lowest BCUT2D eigenvalue weighted by atomic mass is 9.81. The van der Waals surface area contributed by atoms with Gasteiger partial charge in [0.15, 0.2) is 5.78 Å². The van der Waals surface area contributed by atoms with E-state index < -0.39 is 0 Å². The number of hydrogen-bond donors (Lipinski definition) is 0. The van der Waals surface area contributed by atoms with Crippen molar-refractivity contribution in [1.29, 1.82) is 0 Å². The quantitative estimate of drug-likeness (QED) is 0.551. The van der Waals surface area contributed by atoms with Crippen LogP contribution in [-0.4, -0.2) is 10.8 Å². The topological polar surface area (TPSA) is 30.0 Å². The molecule has 2 nitrogen and oxygen atoms in total. The van der Waals surface area contributed by atoms with Crippen molar-refractivity contribution in [2.75, 3.05) is 0 Å². The summed E-state index contributed by atoms with van der Waals surface area (Å²) in [7, 11) is 0. The summed E-state index contributed by atoms with van der Waals surface area (Å²) in [5.41, 5.74) is 5.42. The van der Waals surface area contributed by atoms with Gasteiger partial charge in [0, 0.05) is 34.4 Å². The molecule has 0 radical (unpaired) electrons. The van der Waals surface area contributed by atoms with E-state index in [1.165, 1.54) is 11.1 Å². The molecule has 0 spiro atoms. The summed E-state index contributed by atoms with van der Waals surface area (Å²) in [4.78, 5) is 18.5. The fourth-order valence-electron chi connectivity index (χ4n) is 3.60. The molecule has 1 aliphatic carbocycles. The normalized spacial score (nSPS) is 16.3. The number of ketones is 1. The number of carbonyl (C=O) groups is 1. The number of hydrogen-bond acceptors (Lipinski definition) is 3. The van der Waals surface area contributed by atoms with Gasteiger partial charge in [-0.2, -0.15) is 0 Å². The molecule has 1 unspecified atom stereocenters. The second kappa shape index (κ2) is 7.46. The number of nitrogens with zero attached hydrogens (tertiary/aromatic N) is 1. The van der Waals surface area contributed by atoms with Crippen LogP contribution in [0.2, 0.25) is 0 Å². The van der Waals surface area contributed by atoms with Crippen molar-refractivity contribution in [3.63, 3.8) is 0 Å². The van der Waals surface area contributed by atoms with Crippen LogP contribution >= 0.6 is 11.8 Å². The predicted octanol–water partition coefficient (Wildman–Crippen LogP) is 5.81. The molecule has 0 saturated heterocycles. The van der Waals surface area contributed by atoms with Crippen molar-refractivity contribution in [3.05, 3.63) is 83.6 Å². The van der Waals surface area contributed by atoms with Gasteiger partial charge in [-0.3, -0.25) is 9.78 Å². The first-order valence-electron chi connectivity index (χ1n) is 8.99. The zero-order valence-corrected chi connectivity index (χ0v) is 15.6. The fourth-order valence-corrected chi connectivity index (χ4v) is 4.66. The molecule has 2 aromatic carbocycles. The average molecular weight is 359 g/mol. The number of rotatable bonds is 4. The molecular formula is C23H21NOS. The number of thioether (sulfide) groups is 1. The summed E-state index contributed by atoms with van der Waals surface area (Å²) in [6, 6.07) is 20.6. The van der Waals surface area contributed by atoms with Crippen LogP contribution in [0, 0.1) is 5.92 Å². The van der Waals surface area contributed by atoms with E-state index >= 15 is 0 Å². The van der Waals surface area contributed by atoms with Gasteiger partial charge >= 0.3 is 0 Å². The first kappa shape index (κ1) is 17.0. The Labute approximate surface area is 158 Å². The van der Waals surface area contributed by atoms with Gasteiger partial charge in [0.05, 0.1) is 5.69 Å². The van der Waals surface area contributed by atoms with E-state index in [1.807, 2.05) is 30.5 Å². The maximum absolute atomic E-state index is 12.9. The summed E-state index contributed by atoms with van der Waals surface area (Å²) < 4.78 is 0. The Balaban J connectivity index is 1.74. The maximum Gasteiger partial charge on any atom is 0.164 e. The maximum atomic E-state index is 12.9. The molecule has 0 saturated carbocycles. The van der Waals surface area contributed by atoms with Crippen LogP contribution in [-0.2, 0) is 12.2 Å². The van der Waals surface area contributed by atoms with Gasteiger partial charge in [0.25, 0.3) is 0 Å². The Kier molecular flexibility index (Phi) is 4.89. The highest BCUT2D eigenvalue weighted by atomic mass is 32.2. The number of aromatic nitrogens is 1. The molecule has 1 heterocycles. The number of carbonyl (C=O) groups excluding carboxylic acids is 1. The lowest BCUT2D eigenvalue weighted by Gasteiger charge is -2.25. The van der Waals surface area contributed by atoms with Gasteiger partial charge in [0.1, 0.15) is 0 Å². The van der Waals surface area contributed by atoms with Crippen LogP contribution in [0.25, 0.3) is 11.3 Å². The van der Waals surface area contributed by atoms with Gasteiger partial charge < -0.3 is 0 Å². The molecule has 0 N–H and O–H groups in total. The first-order chi connectivity index (χ1) is 12.7. The summed E-state index contributed by atoms with van der Waals surface area (Å²) >= 11 is 1.76. The minimum atomic E-state index is 0.270. The highest BCUT2D eigenvalue weighted by Crippen LogP contribution is 2.39. The molecule has 3 heteroatoms. The van der Waals surface area contributed by atoms with Crippen molar-refractivity contribution < 1.29 is 4.79 Å². The summed E-state index contributed by atoms with van der Waals surface area (Å²) in [5, 5.41) is 0. The van der Waals surface area contributed by atoms with E-state index in [0.29, 0.717) is 12.3 Å². The molecule has 1 aromatic heterocycles. The third kappa shape index (κ3) is 3.45. The molecule has 130 valence electrons. The largest absolute Gasteiger partial charge is 0.294 e. The monoisotopic (exact) mass is 359 g/mol. The molecule has 1 atom stereocenters. The van der Waals surface area contributed by atoms with Crippen LogP contribution in [0.5, 0.6) is 0 Å². The molecule has 0 aliphatic heterocycles. The Morgan fingerprint density at radius 2 is 1.81 bits per heavy atom. The van der Waals surface area contributed by atoms with E-state index in [-0.39, 0.29) is 5.78 Å². The van der Waals surface area contributed by atoms with E-state index in [9.17, 15) is 4.79 Å². The number of fused-ring (bicyclic) bond motifs is 1. The van der Waals surface area contributed by atoms with Crippen molar-refractivity contribution in [2.24, 2.45) is 5.92 Å². The van der Waals surface area contributed by atoms with Gasteiger partial charge in [-0.15, -0.1) is 11.8 Å². The summed E-state index contributed by atoms with van der Waals surface area (Å²) in [6.07, 6.45) is 3.39. The fraction of sp³-hybridized carbons (Fsp3) is 0.217. The Morgan fingerprint density at radius 1 is 1.00 bits per heavy atom. The summed E-state index contributed by atoms with van der Waals surface area (Å²) in [6.45, 7) is 2.16. The number of Topliss-reactive ketones (excluding diaryl/α,β-unsaturated/α-hetero) is 1. The summed E-state index contributed by atoms with van der Waals surface area (Å²) in [5.74, 6) is 1.53. The van der Waals surface area contributed by atoms with Gasteiger partial charge in [-0.05, 0) is 41.7 Å². The Morgan fingerprint density at radius 3 is 2.58 bits per heavy atom. The minimum Gasteiger partial charge on any atom is -0.294 e. The highest BCUT2D eigenvalue weighted by molar-refractivity contribution is 7.98. The highest BCUT2D eigenvalue weighted by Gasteiger charge is 2.28. The Bertz CT molecular complexity index is 922. The van der Waals surface area contributed by atoms with E-state index in [0.717, 1.165) is 33.9 Å². The van der Waals surface area contributed by atoms with Crippen molar-refractivity contribution in [1.82, 2.24) is 4.98 Å². The lowest BCUT2D eigenvalue weighted by Crippen LogP contribution is -2.20. The van der Waals surface area contributed by atoms with Crippen molar-refractivity contribution in [2.45, 2.75) is 30.4 Å². The Hall–Kier alpha value is -2.39. The standard InChI is InChI=1S/C23H21NOS/c1-16-13-19-18(20-9-5-6-12-24-20)10-11-22(23(19)21(25)14-16)26-15-17-7-3-2-4-8-17/h2-12,16H,13-15H2,1H3. The van der Waals surface area contributed by atoms with Crippen LogP contribution in [0.15, 0.2) is 71.8 Å². The molecular weight excluding hydrogens is 338 g/mol. The first-order valence-corrected chi connectivity index (χ1v) is 9.98. The smallest absolute Gasteiger partial charge is 0.164 e. The number of pyridine rings is 1. The van der Waals surface area contributed by atoms with E-state index in [1.54, 1.807) is 11.8 Å². The van der Waals surface area contributed by atoms with E-state index in [4.69, 9.17) is 0 Å². The molecule has 0 fully saturated rings. The van der Waals surface area contributed by atoms with Crippen LogP contribution in [0.3, 0.4) is 0 Å². The zero-order chi connectivity index (χ0) is 17.9. The third-order valence-corrected chi connectivity index (χ3v) is 5.95. The van der Waals surface area contributed by atoms with Crippen LogP contribution < -0.4 is 0 Å². The minimum absolute atomic E-state index is 0.270. The zero-order valence-electron chi connectivity index (χ0n) is 14.8. The average Bonchev–Trinajstić information content (AvgIpc) is 2.67. The number of benzene rings is 2. The van der Waals surface area contributed by atoms with Crippen LogP contribution in [0.1, 0.15) is 34.8 Å². The third-order valence-electron chi connectivity index (χ3n) is 4.82. The predicted molar refractivity (Wildman–Crippen MR) is 107 cm³/mol. The second-order valence-corrected chi connectivity index (χ2v) is 7.91. The SMILES string of the molecule is CC1CC(=O)c2c(SCc3ccccc3)ccc(-c3ccccn3)c2C1. The van der Waals surface area contributed by atoms with Crippen LogP contribution in [0.4, 0.5) is 0 Å². The molecule has 4 rings (SSSR count).